The lowest BCUT2D eigenvalue weighted by atomic mass is 9.93. The second-order valence-corrected chi connectivity index (χ2v) is 4.88. The lowest BCUT2D eigenvalue weighted by Gasteiger charge is -2.27. The van der Waals surface area contributed by atoms with Crippen molar-refractivity contribution < 1.29 is 4.74 Å². The van der Waals surface area contributed by atoms with Crippen LogP contribution in [-0.2, 0) is 0 Å². The van der Waals surface area contributed by atoms with Gasteiger partial charge in [0, 0.05) is 26.1 Å². The third-order valence-electron chi connectivity index (χ3n) is 3.65. The Morgan fingerprint density at radius 2 is 2.26 bits per heavy atom. The number of fused-ring (bicyclic) bond motifs is 1. The summed E-state index contributed by atoms with van der Waals surface area (Å²) in [6, 6.07) is 8.34. The minimum absolute atomic E-state index is 0. The van der Waals surface area contributed by atoms with Crippen LogP contribution in [-0.4, -0.2) is 44.1 Å². The molecule has 104 valence electrons. The van der Waals surface area contributed by atoms with Crippen molar-refractivity contribution in [3.05, 3.63) is 29.8 Å². The van der Waals surface area contributed by atoms with Gasteiger partial charge >= 0.3 is 0 Å². The summed E-state index contributed by atoms with van der Waals surface area (Å²) in [5, 5.41) is 3.46. The van der Waals surface area contributed by atoms with E-state index in [9.17, 15) is 0 Å². The quantitative estimate of drug-likeness (QED) is 0.807. The molecule has 1 N–H and O–H groups in total. The molecule has 0 saturated carbocycles. The molecule has 5 heteroatoms. The van der Waals surface area contributed by atoms with Gasteiger partial charge in [-0.3, -0.25) is 4.99 Å². The van der Waals surface area contributed by atoms with Crippen LogP contribution in [0.25, 0.3) is 0 Å². The van der Waals surface area contributed by atoms with E-state index in [4.69, 9.17) is 4.74 Å². The minimum Gasteiger partial charge on any atom is -0.493 e. The first-order valence-electron chi connectivity index (χ1n) is 6.56. The van der Waals surface area contributed by atoms with Gasteiger partial charge in [-0.1, -0.05) is 18.2 Å². The first kappa shape index (κ1) is 14.4. The smallest absolute Gasteiger partial charge is 0.193 e. The molecule has 2 heterocycles. The van der Waals surface area contributed by atoms with Crippen molar-refractivity contribution in [1.82, 2.24) is 10.2 Å². The van der Waals surface area contributed by atoms with E-state index in [1.54, 1.807) is 0 Å². The standard InChI is InChI=1S/C14H19N3O.HI/c1-17-8-7-15-14(17)16-10-11-6-9-18-13-5-3-2-4-12(11)13;/h2-5,11H,6-10H2,1H3,(H,15,16);1H. The van der Waals surface area contributed by atoms with Gasteiger partial charge in [0.2, 0.25) is 0 Å². The maximum absolute atomic E-state index is 5.68. The molecule has 0 saturated heterocycles. The second kappa shape index (κ2) is 6.45. The second-order valence-electron chi connectivity index (χ2n) is 4.88. The maximum atomic E-state index is 5.68. The number of nitrogens with zero attached hydrogens (tertiary/aromatic N) is 2. The molecule has 1 unspecified atom stereocenters. The summed E-state index contributed by atoms with van der Waals surface area (Å²) in [5.41, 5.74) is 1.32. The fraction of sp³-hybridized carbons (Fsp3) is 0.500. The fourth-order valence-electron chi connectivity index (χ4n) is 2.57. The number of ether oxygens (including phenoxy) is 1. The highest BCUT2D eigenvalue weighted by Crippen LogP contribution is 2.32. The van der Waals surface area contributed by atoms with Crippen molar-refractivity contribution in [3.8, 4) is 5.75 Å². The molecule has 0 aliphatic carbocycles. The molecule has 2 aliphatic rings. The monoisotopic (exact) mass is 373 g/mol. The molecule has 0 amide bonds. The molecule has 0 aromatic heterocycles. The van der Waals surface area contributed by atoms with E-state index < -0.39 is 0 Å². The highest BCUT2D eigenvalue weighted by molar-refractivity contribution is 14.0. The number of aliphatic imine (C=N–C) groups is 1. The molecular formula is C14H20IN3O. The Labute approximate surface area is 131 Å². The molecular weight excluding hydrogens is 353 g/mol. The van der Waals surface area contributed by atoms with Gasteiger partial charge in [0.15, 0.2) is 5.96 Å². The summed E-state index contributed by atoms with van der Waals surface area (Å²) in [7, 11) is 2.08. The maximum Gasteiger partial charge on any atom is 0.193 e. The summed E-state index contributed by atoms with van der Waals surface area (Å²) in [6.45, 7) is 3.67. The summed E-state index contributed by atoms with van der Waals surface area (Å²) in [4.78, 5) is 6.63. The van der Waals surface area contributed by atoms with Crippen LogP contribution in [0.3, 0.4) is 0 Å². The third kappa shape index (κ3) is 3.13. The lowest BCUT2D eigenvalue weighted by molar-refractivity contribution is 0.266. The first-order valence-corrected chi connectivity index (χ1v) is 6.56. The number of likely N-dealkylation sites (N-methyl/N-ethyl adjacent to an activating group) is 1. The van der Waals surface area contributed by atoms with Gasteiger partial charge in [0.25, 0.3) is 0 Å². The largest absolute Gasteiger partial charge is 0.493 e. The number of hydrogen-bond donors (Lipinski definition) is 1. The van der Waals surface area contributed by atoms with E-state index in [1.807, 2.05) is 6.07 Å². The van der Waals surface area contributed by atoms with Crippen LogP contribution in [0.1, 0.15) is 17.9 Å². The first-order chi connectivity index (χ1) is 8.84. The zero-order valence-electron chi connectivity index (χ0n) is 11.1. The van der Waals surface area contributed by atoms with Gasteiger partial charge in [-0.05, 0) is 18.1 Å². The van der Waals surface area contributed by atoms with E-state index >= 15 is 0 Å². The average molecular weight is 373 g/mol. The predicted octanol–water partition coefficient (Wildman–Crippen LogP) is 2.06. The Balaban J connectivity index is 0.00000133. The Hall–Kier alpha value is -0.980. The SMILES string of the molecule is CN1CCN=C1NCC1CCOc2ccccc21.I. The Bertz CT molecular complexity index is 464. The van der Waals surface area contributed by atoms with Gasteiger partial charge in [0.1, 0.15) is 5.75 Å². The van der Waals surface area contributed by atoms with Crippen molar-refractivity contribution >= 4 is 29.9 Å². The summed E-state index contributed by atoms with van der Waals surface area (Å²) in [5.74, 6) is 2.59. The molecule has 0 spiro atoms. The van der Waals surface area contributed by atoms with E-state index in [-0.39, 0.29) is 24.0 Å². The van der Waals surface area contributed by atoms with Crippen molar-refractivity contribution in [2.75, 3.05) is 33.3 Å². The average Bonchev–Trinajstić information content (AvgIpc) is 2.82. The molecule has 4 nitrogen and oxygen atoms in total. The van der Waals surface area contributed by atoms with Gasteiger partial charge in [0.05, 0.1) is 13.2 Å². The molecule has 1 aromatic carbocycles. The van der Waals surface area contributed by atoms with Crippen LogP contribution in [0.5, 0.6) is 5.75 Å². The molecule has 0 radical (unpaired) electrons. The number of para-hydroxylation sites is 1. The highest BCUT2D eigenvalue weighted by atomic mass is 127. The van der Waals surface area contributed by atoms with E-state index in [0.29, 0.717) is 5.92 Å². The number of halogens is 1. The number of hydrogen-bond acceptors (Lipinski definition) is 4. The van der Waals surface area contributed by atoms with Crippen LogP contribution < -0.4 is 10.1 Å². The summed E-state index contributed by atoms with van der Waals surface area (Å²) in [6.07, 6.45) is 1.07. The Morgan fingerprint density at radius 3 is 3.05 bits per heavy atom. The number of benzene rings is 1. The minimum atomic E-state index is 0. The Morgan fingerprint density at radius 1 is 1.42 bits per heavy atom. The van der Waals surface area contributed by atoms with Crippen molar-refractivity contribution in [2.24, 2.45) is 4.99 Å². The summed E-state index contributed by atoms with van der Waals surface area (Å²) >= 11 is 0. The highest BCUT2D eigenvalue weighted by Gasteiger charge is 2.22. The fourth-order valence-corrected chi connectivity index (χ4v) is 2.57. The van der Waals surface area contributed by atoms with Crippen molar-refractivity contribution in [3.63, 3.8) is 0 Å². The van der Waals surface area contributed by atoms with Crippen LogP contribution in [0.15, 0.2) is 29.3 Å². The topological polar surface area (TPSA) is 36.9 Å². The van der Waals surface area contributed by atoms with Gasteiger partial charge < -0.3 is 15.0 Å². The van der Waals surface area contributed by atoms with Crippen LogP contribution >= 0.6 is 24.0 Å². The molecule has 1 aromatic rings. The van der Waals surface area contributed by atoms with Gasteiger partial charge in [-0.25, -0.2) is 0 Å². The van der Waals surface area contributed by atoms with Crippen LogP contribution in [0.4, 0.5) is 0 Å². The van der Waals surface area contributed by atoms with Crippen molar-refractivity contribution in [2.45, 2.75) is 12.3 Å². The van der Waals surface area contributed by atoms with Crippen molar-refractivity contribution in [1.29, 1.82) is 0 Å². The van der Waals surface area contributed by atoms with Crippen LogP contribution in [0.2, 0.25) is 0 Å². The number of nitrogens with one attached hydrogen (secondary N) is 1. The predicted molar refractivity (Wildman–Crippen MR) is 87.6 cm³/mol. The normalized spacial score (nSPS) is 21.0. The van der Waals surface area contributed by atoms with Gasteiger partial charge in [-0.15, -0.1) is 24.0 Å². The zero-order chi connectivity index (χ0) is 12.4. The van der Waals surface area contributed by atoms with Gasteiger partial charge in [-0.2, -0.15) is 0 Å². The molecule has 1 atom stereocenters. The number of rotatable bonds is 2. The molecule has 19 heavy (non-hydrogen) atoms. The number of guanidine groups is 1. The van der Waals surface area contributed by atoms with E-state index in [0.717, 1.165) is 44.4 Å². The Kier molecular flexibility index (Phi) is 4.90. The molecule has 0 fully saturated rings. The van der Waals surface area contributed by atoms with E-state index in [2.05, 4.69) is 40.5 Å². The zero-order valence-corrected chi connectivity index (χ0v) is 13.5. The molecule has 3 rings (SSSR count). The van der Waals surface area contributed by atoms with Crippen LogP contribution in [0, 0.1) is 0 Å². The molecule has 0 bridgehead atoms. The van der Waals surface area contributed by atoms with E-state index in [1.165, 1.54) is 5.56 Å². The molecule has 2 aliphatic heterocycles. The lowest BCUT2D eigenvalue weighted by Crippen LogP contribution is -2.38. The third-order valence-corrected chi connectivity index (χ3v) is 3.65. The summed E-state index contributed by atoms with van der Waals surface area (Å²) < 4.78 is 5.68.